The highest BCUT2D eigenvalue weighted by molar-refractivity contribution is 8.17. The molecule has 0 bridgehead atoms. The van der Waals surface area contributed by atoms with E-state index in [-0.39, 0.29) is 0 Å². The minimum Gasteiger partial charge on any atom is -0.145 e. The van der Waals surface area contributed by atoms with E-state index in [2.05, 4.69) is 41.5 Å². The van der Waals surface area contributed by atoms with E-state index < -0.39 is 0 Å². The van der Waals surface area contributed by atoms with Crippen molar-refractivity contribution in [1.82, 2.24) is 0 Å². The predicted molar refractivity (Wildman–Crippen MR) is 59.2 cm³/mol. The van der Waals surface area contributed by atoms with Crippen LogP contribution >= 0.6 is 23.5 Å². The third-order valence-electron chi connectivity index (χ3n) is 0.909. The van der Waals surface area contributed by atoms with Crippen LogP contribution in [0.1, 0.15) is 34.6 Å². The van der Waals surface area contributed by atoms with Crippen LogP contribution in [-0.4, -0.2) is 14.6 Å². The fourth-order valence-electron chi connectivity index (χ4n) is 0.726. The van der Waals surface area contributed by atoms with Crippen molar-refractivity contribution in [3.05, 3.63) is 6.92 Å². The van der Waals surface area contributed by atoms with E-state index in [1.807, 2.05) is 23.5 Å². The number of hydrogen-bond acceptors (Lipinski definition) is 2. The Morgan fingerprint density at radius 3 is 1.91 bits per heavy atom. The van der Waals surface area contributed by atoms with Crippen LogP contribution in [0.3, 0.4) is 0 Å². The van der Waals surface area contributed by atoms with Crippen molar-refractivity contribution in [1.29, 1.82) is 0 Å². The van der Waals surface area contributed by atoms with Crippen molar-refractivity contribution in [2.24, 2.45) is 0 Å². The number of hydrogen-bond donors (Lipinski definition) is 0. The van der Waals surface area contributed by atoms with Crippen LogP contribution in [0.5, 0.6) is 0 Å². The second-order valence-electron chi connectivity index (χ2n) is 3.84. The Bertz CT molecular complexity index is 103. The zero-order valence-corrected chi connectivity index (χ0v) is 9.81. The molecule has 11 heavy (non-hydrogen) atoms. The van der Waals surface area contributed by atoms with E-state index >= 15 is 0 Å². The molecule has 0 N–H and O–H groups in total. The van der Waals surface area contributed by atoms with Gasteiger partial charge in [-0.15, -0.1) is 23.5 Å². The van der Waals surface area contributed by atoms with Gasteiger partial charge in [0.15, 0.2) is 0 Å². The van der Waals surface area contributed by atoms with Crippen molar-refractivity contribution in [3.8, 4) is 0 Å². The van der Waals surface area contributed by atoms with E-state index in [1.54, 1.807) is 0 Å². The second-order valence-corrected chi connectivity index (χ2v) is 7.96. The molecule has 0 aliphatic heterocycles. The molecule has 1 radical (unpaired) electrons. The Balaban J connectivity index is 3.61. The second kappa shape index (κ2) is 4.66. The summed E-state index contributed by atoms with van der Waals surface area (Å²) in [6, 6.07) is 0. The van der Waals surface area contributed by atoms with E-state index in [9.17, 15) is 0 Å². The zero-order valence-electron chi connectivity index (χ0n) is 8.18. The van der Waals surface area contributed by atoms with Gasteiger partial charge in [-0.1, -0.05) is 34.6 Å². The van der Waals surface area contributed by atoms with Crippen LogP contribution < -0.4 is 0 Å². The SMILES string of the molecule is [CH2]C(SC(C)C)SC(C)(C)C. The highest BCUT2D eigenvalue weighted by Gasteiger charge is 2.16. The first-order valence-corrected chi connectivity index (χ1v) is 5.80. The summed E-state index contributed by atoms with van der Waals surface area (Å²) >= 11 is 3.87. The third-order valence-corrected chi connectivity index (χ3v) is 3.35. The summed E-state index contributed by atoms with van der Waals surface area (Å²) in [5.74, 6) is 0. The molecule has 0 fully saturated rings. The van der Waals surface area contributed by atoms with E-state index in [4.69, 9.17) is 0 Å². The number of rotatable bonds is 3. The van der Waals surface area contributed by atoms with Gasteiger partial charge in [-0.2, -0.15) is 0 Å². The maximum atomic E-state index is 4.09. The Kier molecular flexibility index (Phi) is 4.96. The summed E-state index contributed by atoms with van der Waals surface area (Å²) in [6.45, 7) is 15.2. The molecule has 0 amide bonds. The average Bonchev–Trinajstić information content (AvgIpc) is 1.53. The minimum atomic E-state index is 0.342. The van der Waals surface area contributed by atoms with Gasteiger partial charge in [0.25, 0.3) is 0 Å². The van der Waals surface area contributed by atoms with Crippen LogP contribution in [0, 0.1) is 6.92 Å². The summed E-state index contributed by atoms with van der Waals surface area (Å²) in [5, 5.41) is 0.687. The normalized spacial score (nSPS) is 15.5. The first-order chi connectivity index (χ1) is 4.81. The van der Waals surface area contributed by atoms with E-state index in [0.29, 0.717) is 14.6 Å². The summed E-state index contributed by atoms with van der Waals surface area (Å²) in [7, 11) is 0. The van der Waals surface area contributed by atoms with Gasteiger partial charge in [0, 0.05) is 10.00 Å². The average molecular weight is 191 g/mol. The molecule has 0 saturated heterocycles. The van der Waals surface area contributed by atoms with Crippen LogP contribution in [0.15, 0.2) is 0 Å². The van der Waals surface area contributed by atoms with Gasteiger partial charge in [0.05, 0.1) is 4.58 Å². The molecule has 0 spiro atoms. The van der Waals surface area contributed by atoms with Crippen molar-refractivity contribution in [2.45, 2.75) is 49.2 Å². The molecule has 0 aliphatic carbocycles. The molecular weight excluding hydrogens is 172 g/mol. The van der Waals surface area contributed by atoms with Gasteiger partial charge in [-0.05, 0) is 6.92 Å². The quantitative estimate of drug-likeness (QED) is 0.622. The predicted octanol–water partition coefficient (Wildman–Crippen LogP) is 3.82. The summed E-state index contributed by atoms with van der Waals surface area (Å²) < 4.78 is 0.809. The van der Waals surface area contributed by atoms with Crippen LogP contribution in [0.2, 0.25) is 0 Å². The lowest BCUT2D eigenvalue weighted by Gasteiger charge is -2.23. The van der Waals surface area contributed by atoms with Crippen LogP contribution in [-0.2, 0) is 0 Å². The van der Waals surface area contributed by atoms with Crippen molar-refractivity contribution in [3.63, 3.8) is 0 Å². The third kappa shape index (κ3) is 8.61. The molecule has 0 heterocycles. The molecule has 1 unspecified atom stereocenters. The molecule has 0 aromatic heterocycles. The zero-order chi connectivity index (χ0) is 9.07. The Hall–Kier alpha value is 0.700. The van der Waals surface area contributed by atoms with Crippen LogP contribution in [0.4, 0.5) is 0 Å². The molecule has 0 saturated carbocycles. The topological polar surface area (TPSA) is 0 Å². The fourth-order valence-corrected chi connectivity index (χ4v) is 3.88. The Morgan fingerprint density at radius 2 is 1.64 bits per heavy atom. The summed E-state index contributed by atoms with van der Waals surface area (Å²) in [4.78, 5) is 0. The number of thioether (sulfide) groups is 2. The van der Waals surface area contributed by atoms with E-state index in [0.717, 1.165) is 0 Å². The molecule has 0 nitrogen and oxygen atoms in total. The standard InChI is InChI=1S/C9H19S2/c1-7(2)10-8(3)11-9(4,5)6/h7-8H,3H2,1-2,4-6H3. The molecule has 67 valence electrons. The van der Waals surface area contributed by atoms with Crippen molar-refractivity contribution in [2.75, 3.05) is 0 Å². The Morgan fingerprint density at radius 1 is 1.18 bits per heavy atom. The maximum Gasteiger partial charge on any atom is 0.0511 e. The largest absolute Gasteiger partial charge is 0.145 e. The Labute approximate surface area is 79.9 Å². The van der Waals surface area contributed by atoms with Crippen LogP contribution in [0.25, 0.3) is 0 Å². The van der Waals surface area contributed by atoms with Crippen molar-refractivity contribution < 1.29 is 0 Å². The molecule has 1 atom stereocenters. The maximum absolute atomic E-state index is 4.09. The fraction of sp³-hybridized carbons (Fsp3) is 0.889. The molecule has 0 aromatic rings. The highest BCUT2D eigenvalue weighted by atomic mass is 32.2. The van der Waals surface area contributed by atoms with E-state index in [1.165, 1.54) is 0 Å². The highest BCUT2D eigenvalue weighted by Crippen LogP contribution is 2.35. The van der Waals surface area contributed by atoms with Gasteiger partial charge >= 0.3 is 0 Å². The molecule has 2 heteroatoms. The lowest BCUT2D eigenvalue weighted by Crippen LogP contribution is -2.12. The monoisotopic (exact) mass is 191 g/mol. The van der Waals surface area contributed by atoms with Gasteiger partial charge in [0.2, 0.25) is 0 Å². The summed E-state index contributed by atoms with van der Waals surface area (Å²) in [6.07, 6.45) is 0. The minimum absolute atomic E-state index is 0.342. The van der Waals surface area contributed by atoms with Gasteiger partial charge in [0.1, 0.15) is 0 Å². The summed E-state index contributed by atoms with van der Waals surface area (Å²) in [5.41, 5.74) is 0. The first-order valence-electron chi connectivity index (χ1n) is 3.97. The molecule has 0 rings (SSSR count). The van der Waals surface area contributed by atoms with Gasteiger partial charge < -0.3 is 0 Å². The first kappa shape index (κ1) is 11.7. The van der Waals surface area contributed by atoms with Gasteiger partial charge in [-0.25, -0.2) is 0 Å². The molecular formula is C9H19S2. The molecule has 0 aromatic carbocycles. The lowest BCUT2D eigenvalue weighted by molar-refractivity contribution is 0.803. The smallest absolute Gasteiger partial charge is 0.0511 e. The van der Waals surface area contributed by atoms with Gasteiger partial charge in [-0.3, -0.25) is 0 Å². The molecule has 0 aliphatic rings. The lowest BCUT2D eigenvalue weighted by atomic mass is 10.3. The van der Waals surface area contributed by atoms with Crippen molar-refractivity contribution >= 4 is 23.5 Å².